The largest absolute Gasteiger partial charge is 0.361 e. The van der Waals surface area contributed by atoms with Crippen LogP contribution in [-0.4, -0.2) is 52.4 Å². The maximum atomic E-state index is 12.7. The topological polar surface area (TPSA) is 106 Å². The van der Waals surface area contributed by atoms with Gasteiger partial charge in [-0.25, -0.2) is 4.98 Å². The molecule has 0 radical (unpaired) electrons. The summed E-state index contributed by atoms with van der Waals surface area (Å²) >= 11 is 0. The molecular weight excluding hydrogens is 440 g/mol. The highest BCUT2D eigenvalue weighted by Crippen LogP contribution is 2.14. The molecule has 4 rings (SSSR count). The van der Waals surface area contributed by atoms with Gasteiger partial charge in [-0.3, -0.25) is 9.59 Å². The van der Waals surface area contributed by atoms with Crippen LogP contribution in [0.3, 0.4) is 0 Å². The van der Waals surface area contributed by atoms with Crippen molar-refractivity contribution in [3.05, 3.63) is 93.7 Å². The number of H-pyrrole nitrogens is 2. The van der Waals surface area contributed by atoms with Gasteiger partial charge >= 0.3 is 0 Å². The molecule has 2 heterocycles. The number of carbonyl (C=O) groups is 1. The van der Waals surface area contributed by atoms with E-state index in [0.29, 0.717) is 17.9 Å². The number of hydrogen-bond acceptors (Lipinski definition) is 5. The van der Waals surface area contributed by atoms with Crippen LogP contribution in [0, 0.1) is 6.92 Å². The zero-order valence-electron chi connectivity index (χ0n) is 20.4. The Morgan fingerprint density at radius 1 is 1.09 bits per heavy atom. The lowest BCUT2D eigenvalue weighted by Gasteiger charge is -2.23. The van der Waals surface area contributed by atoms with Crippen LogP contribution >= 0.6 is 0 Å². The smallest absolute Gasteiger partial charge is 0.290 e. The molecule has 182 valence electrons. The molecule has 0 bridgehead atoms. The van der Waals surface area contributed by atoms with Crippen LogP contribution in [0.25, 0.3) is 10.9 Å². The van der Waals surface area contributed by atoms with E-state index in [0.717, 1.165) is 29.4 Å². The summed E-state index contributed by atoms with van der Waals surface area (Å²) in [6, 6.07) is 18.2. The average molecular weight is 473 g/mol. The molecule has 1 amide bonds. The standard InChI is InChI=1S/C27H32N6O2/c1-18-24(15-25(34)29-16-20-9-10-23-21(13-20)11-12-28-23)32-26(27(35)30-18)31-22(17-33(2)3)14-19-7-5-4-6-8-19/h4-13,22,28H,14-17H2,1-3H3,(H,29,34)(H,30,35)(H,31,32)/t22-/m0/s1. The van der Waals surface area contributed by atoms with E-state index in [4.69, 9.17) is 0 Å². The van der Waals surface area contributed by atoms with Gasteiger partial charge in [-0.2, -0.15) is 0 Å². The molecule has 8 nitrogen and oxygen atoms in total. The second kappa shape index (κ2) is 11.0. The van der Waals surface area contributed by atoms with Gasteiger partial charge in [-0.05, 0) is 62.2 Å². The number of hydrogen-bond donors (Lipinski definition) is 4. The van der Waals surface area contributed by atoms with E-state index < -0.39 is 0 Å². The maximum absolute atomic E-state index is 12.7. The van der Waals surface area contributed by atoms with Gasteiger partial charge in [0.05, 0.1) is 12.1 Å². The number of nitrogens with one attached hydrogen (secondary N) is 4. The number of carbonyl (C=O) groups excluding carboxylic acids is 1. The van der Waals surface area contributed by atoms with Crippen molar-refractivity contribution < 1.29 is 4.79 Å². The third-order valence-electron chi connectivity index (χ3n) is 5.88. The van der Waals surface area contributed by atoms with Crippen LogP contribution in [0.1, 0.15) is 22.5 Å². The van der Waals surface area contributed by atoms with E-state index in [2.05, 4.69) is 48.7 Å². The molecule has 8 heteroatoms. The minimum Gasteiger partial charge on any atom is -0.361 e. The van der Waals surface area contributed by atoms with Crippen molar-refractivity contribution in [1.29, 1.82) is 0 Å². The van der Waals surface area contributed by atoms with E-state index in [1.165, 1.54) is 5.56 Å². The van der Waals surface area contributed by atoms with Gasteiger partial charge in [0.25, 0.3) is 5.56 Å². The number of aromatic nitrogens is 3. The normalized spacial score (nSPS) is 12.1. The number of aryl methyl sites for hydroxylation is 1. The molecule has 0 aliphatic carbocycles. The van der Waals surface area contributed by atoms with Gasteiger partial charge < -0.3 is 25.5 Å². The van der Waals surface area contributed by atoms with E-state index >= 15 is 0 Å². The fraction of sp³-hybridized carbons (Fsp3) is 0.296. The molecule has 4 N–H and O–H groups in total. The molecule has 0 aliphatic rings. The molecule has 0 saturated heterocycles. The third-order valence-corrected chi connectivity index (χ3v) is 5.88. The molecule has 0 aliphatic heterocycles. The summed E-state index contributed by atoms with van der Waals surface area (Å²) in [5, 5.41) is 7.37. The van der Waals surface area contributed by atoms with Crippen LogP contribution in [0.5, 0.6) is 0 Å². The summed E-state index contributed by atoms with van der Waals surface area (Å²) in [5.41, 5.74) is 4.11. The molecular formula is C27H32N6O2. The molecule has 35 heavy (non-hydrogen) atoms. The Kier molecular flexibility index (Phi) is 7.62. The number of rotatable bonds is 10. The molecule has 0 fully saturated rings. The summed E-state index contributed by atoms with van der Waals surface area (Å²) in [4.78, 5) is 38.0. The number of fused-ring (bicyclic) bond motifs is 1. The lowest BCUT2D eigenvalue weighted by Crippen LogP contribution is -2.37. The Bertz CT molecular complexity index is 1340. The fourth-order valence-electron chi connectivity index (χ4n) is 4.16. The first kappa shape index (κ1) is 24.2. The molecule has 2 aromatic heterocycles. The third kappa shape index (κ3) is 6.58. The number of amides is 1. The predicted molar refractivity (Wildman–Crippen MR) is 140 cm³/mol. The van der Waals surface area contributed by atoms with Crippen molar-refractivity contribution in [1.82, 2.24) is 25.2 Å². The van der Waals surface area contributed by atoms with Crippen molar-refractivity contribution in [3.63, 3.8) is 0 Å². The SMILES string of the molecule is Cc1[nH]c(=O)c(N[C@@H](Cc2ccccc2)CN(C)C)nc1CC(=O)NCc1ccc2[nH]ccc2c1. The van der Waals surface area contributed by atoms with Gasteiger partial charge in [-0.15, -0.1) is 0 Å². The predicted octanol–water partition coefficient (Wildman–Crippen LogP) is 3.00. The van der Waals surface area contributed by atoms with Gasteiger partial charge in [0.1, 0.15) is 0 Å². The number of nitrogens with zero attached hydrogens (tertiary/aromatic N) is 2. The zero-order valence-corrected chi connectivity index (χ0v) is 20.4. The number of benzene rings is 2. The van der Waals surface area contributed by atoms with Crippen molar-refractivity contribution in [2.24, 2.45) is 0 Å². The second-order valence-corrected chi connectivity index (χ2v) is 9.13. The van der Waals surface area contributed by atoms with E-state index in [1.54, 1.807) is 6.92 Å². The Hall–Kier alpha value is -3.91. The van der Waals surface area contributed by atoms with Crippen LogP contribution in [0.4, 0.5) is 5.82 Å². The highest BCUT2D eigenvalue weighted by Gasteiger charge is 2.17. The zero-order chi connectivity index (χ0) is 24.8. The summed E-state index contributed by atoms with van der Waals surface area (Å²) in [5.74, 6) is 0.0842. The molecule has 0 spiro atoms. The highest BCUT2D eigenvalue weighted by atomic mass is 16.1. The molecule has 2 aromatic carbocycles. The molecule has 0 saturated carbocycles. The number of aromatic amines is 2. The summed E-state index contributed by atoms with van der Waals surface area (Å²) < 4.78 is 0. The second-order valence-electron chi connectivity index (χ2n) is 9.13. The monoisotopic (exact) mass is 472 g/mol. The fourth-order valence-corrected chi connectivity index (χ4v) is 4.16. The lowest BCUT2D eigenvalue weighted by molar-refractivity contribution is -0.120. The number of likely N-dealkylation sites (N-methyl/N-ethyl adjacent to an activating group) is 1. The summed E-state index contributed by atoms with van der Waals surface area (Å²) in [6.45, 7) is 2.92. The first-order chi connectivity index (χ1) is 16.9. The molecule has 4 aromatic rings. The quantitative estimate of drug-likeness (QED) is 0.284. The molecule has 0 unspecified atom stereocenters. The van der Waals surface area contributed by atoms with E-state index in [1.807, 2.05) is 56.7 Å². The Labute approximate surface area is 204 Å². The number of anilines is 1. The maximum Gasteiger partial charge on any atom is 0.290 e. The minimum absolute atomic E-state index is 0.0197. The first-order valence-electron chi connectivity index (χ1n) is 11.7. The van der Waals surface area contributed by atoms with Crippen molar-refractivity contribution in [2.75, 3.05) is 26.0 Å². The van der Waals surface area contributed by atoms with Gasteiger partial charge in [0.15, 0.2) is 5.82 Å². The summed E-state index contributed by atoms with van der Waals surface area (Å²) in [6.07, 6.45) is 2.72. The van der Waals surface area contributed by atoms with Gasteiger partial charge in [0, 0.05) is 36.5 Å². The van der Waals surface area contributed by atoms with Crippen LogP contribution in [0.2, 0.25) is 0 Å². The van der Waals surface area contributed by atoms with Crippen LogP contribution in [0.15, 0.2) is 65.6 Å². The Balaban J connectivity index is 1.43. The van der Waals surface area contributed by atoms with Crippen molar-refractivity contribution in [3.8, 4) is 0 Å². The van der Waals surface area contributed by atoms with E-state index in [-0.39, 0.29) is 29.7 Å². The van der Waals surface area contributed by atoms with Crippen molar-refractivity contribution in [2.45, 2.75) is 32.4 Å². The average Bonchev–Trinajstić information content (AvgIpc) is 3.29. The highest BCUT2D eigenvalue weighted by molar-refractivity contribution is 5.81. The minimum atomic E-state index is -0.289. The van der Waals surface area contributed by atoms with Crippen LogP contribution < -0.4 is 16.2 Å². The molecule has 1 atom stereocenters. The van der Waals surface area contributed by atoms with Crippen molar-refractivity contribution >= 4 is 22.6 Å². The Morgan fingerprint density at radius 3 is 2.66 bits per heavy atom. The lowest BCUT2D eigenvalue weighted by atomic mass is 10.1. The first-order valence-corrected chi connectivity index (χ1v) is 11.7. The summed E-state index contributed by atoms with van der Waals surface area (Å²) in [7, 11) is 3.99. The van der Waals surface area contributed by atoms with E-state index in [9.17, 15) is 9.59 Å². The van der Waals surface area contributed by atoms with Crippen LogP contribution in [-0.2, 0) is 24.2 Å². The van der Waals surface area contributed by atoms with Gasteiger partial charge in [0.2, 0.25) is 5.91 Å². The Morgan fingerprint density at radius 2 is 1.89 bits per heavy atom. The van der Waals surface area contributed by atoms with Gasteiger partial charge in [-0.1, -0.05) is 36.4 Å².